The molecule has 0 aromatic carbocycles. The van der Waals surface area contributed by atoms with Crippen molar-refractivity contribution in [2.45, 2.75) is 24.4 Å². The van der Waals surface area contributed by atoms with E-state index in [-0.39, 0.29) is 11.6 Å². The van der Waals surface area contributed by atoms with Crippen molar-refractivity contribution >= 4 is 10.0 Å². The number of hydrogen-bond acceptors (Lipinski definition) is 4. The Morgan fingerprint density at radius 3 is 2.93 bits per heavy atom. The molecule has 0 aliphatic heterocycles. The summed E-state index contributed by atoms with van der Waals surface area (Å²) < 4.78 is 26.1. The number of aromatic nitrogens is 2. The van der Waals surface area contributed by atoms with E-state index in [1.165, 1.54) is 6.20 Å². The normalized spacial score (nSPS) is 16.9. The Morgan fingerprint density at radius 2 is 2.33 bits per heavy atom. The minimum atomic E-state index is -3.46. The molecule has 0 atom stereocenters. The van der Waals surface area contributed by atoms with Gasteiger partial charge in [0, 0.05) is 18.7 Å². The Kier molecular flexibility index (Phi) is 2.76. The van der Waals surface area contributed by atoms with Gasteiger partial charge in [0.25, 0.3) is 10.0 Å². The maximum Gasteiger partial charge on any atom is 0.257 e. The predicted molar refractivity (Wildman–Crippen MR) is 54.4 cm³/mol. The molecule has 6 nitrogen and oxygen atoms in total. The second kappa shape index (κ2) is 3.92. The van der Waals surface area contributed by atoms with E-state index in [0.717, 1.165) is 12.8 Å². The summed E-state index contributed by atoms with van der Waals surface area (Å²) in [6.45, 7) is 0.668. The van der Waals surface area contributed by atoms with E-state index in [2.05, 4.69) is 14.9 Å². The maximum absolute atomic E-state index is 11.8. The summed E-state index contributed by atoms with van der Waals surface area (Å²) in [5.74, 6) is 0.504. The summed E-state index contributed by atoms with van der Waals surface area (Å²) in [6, 6.07) is 0. The number of hydrogen-bond donors (Lipinski definition) is 3. The van der Waals surface area contributed by atoms with Gasteiger partial charge in [0.2, 0.25) is 0 Å². The van der Waals surface area contributed by atoms with Crippen molar-refractivity contribution in [1.82, 2.24) is 14.9 Å². The number of sulfonamides is 1. The van der Waals surface area contributed by atoms with Crippen LogP contribution in [-0.2, 0) is 16.6 Å². The maximum atomic E-state index is 11.8. The van der Waals surface area contributed by atoms with Crippen LogP contribution in [0.3, 0.4) is 0 Å². The SMILES string of the molecule is NCc1cn[nH]c1S(=O)(=O)NCC1CC1. The zero-order chi connectivity index (χ0) is 10.9. The molecule has 4 N–H and O–H groups in total. The van der Waals surface area contributed by atoms with Crippen LogP contribution in [0.2, 0.25) is 0 Å². The highest BCUT2D eigenvalue weighted by molar-refractivity contribution is 7.89. The monoisotopic (exact) mass is 230 g/mol. The predicted octanol–water partition coefficient (Wildman–Crippen LogP) is -0.443. The van der Waals surface area contributed by atoms with E-state index >= 15 is 0 Å². The lowest BCUT2D eigenvalue weighted by atomic mass is 10.4. The first-order valence-electron chi connectivity index (χ1n) is 4.85. The second-order valence-corrected chi connectivity index (χ2v) is 5.43. The molecule has 1 fully saturated rings. The molecule has 0 bridgehead atoms. The van der Waals surface area contributed by atoms with Crippen LogP contribution >= 0.6 is 0 Å². The number of nitrogens with one attached hydrogen (secondary N) is 2. The molecule has 1 aromatic rings. The topological polar surface area (TPSA) is 101 Å². The molecule has 1 aliphatic carbocycles. The van der Waals surface area contributed by atoms with Crippen molar-refractivity contribution in [3.05, 3.63) is 11.8 Å². The second-order valence-electron chi connectivity index (χ2n) is 3.72. The third-order valence-corrected chi connectivity index (χ3v) is 3.86. The fourth-order valence-corrected chi connectivity index (χ4v) is 2.55. The molecule has 7 heteroatoms. The van der Waals surface area contributed by atoms with Gasteiger partial charge in [-0.15, -0.1) is 0 Å². The molecule has 1 aromatic heterocycles. The average molecular weight is 230 g/mol. The van der Waals surface area contributed by atoms with Crippen molar-refractivity contribution in [2.75, 3.05) is 6.54 Å². The molecule has 0 saturated heterocycles. The Bertz CT molecular complexity index is 435. The smallest absolute Gasteiger partial charge is 0.257 e. The highest BCUT2D eigenvalue weighted by Crippen LogP contribution is 2.28. The Hall–Kier alpha value is -0.920. The van der Waals surface area contributed by atoms with Crippen LogP contribution in [0.25, 0.3) is 0 Å². The summed E-state index contributed by atoms with van der Waals surface area (Å²) in [4.78, 5) is 0. The third-order valence-electron chi connectivity index (χ3n) is 2.43. The van der Waals surface area contributed by atoms with Crippen LogP contribution in [0.1, 0.15) is 18.4 Å². The summed E-state index contributed by atoms with van der Waals surface area (Å²) in [6.07, 6.45) is 3.65. The zero-order valence-corrected chi connectivity index (χ0v) is 9.05. The van der Waals surface area contributed by atoms with Gasteiger partial charge in [-0.3, -0.25) is 5.10 Å². The van der Waals surface area contributed by atoms with Crippen LogP contribution in [-0.4, -0.2) is 25.2 Å². The third kappa shape index (κ3) is 2.36. The van der Waals surface area contributed by atoms with Crippen LogP contribution in [0.4, 0.5) is 0 Å². The summed E-state index contributed by atoms with van der Waals surface area (Å²) in [5, 5.41) is 6.23. The Labute approximate surface area is 88.3 Å². The molecular weight excluding hydrogens is 216 g/mol. The molecule has 1 aliphatic rings. The van der Waals surface area contributed by atoms with E-state index < -0.39 is 10.0 Å². The van der Waals surface area contributed by atoms with Crippen molar-refractivity contribution in [3.8, 4) is 0 Å². The van der Waals surface area contributed by atoms with Gasteiger partial charge < -0.3 is 5.73 Å². The van der Waals surface area contributed by atoms with E-state index in [9.17, 15) is 8.42 Å². The van der Waals surface area contributed by atoms with Crippen LogP contribution in [0.15, 0.2) is 11.2 Å². The molecule has 1 saturated carbocycles. The van der Waals surface area contributed by atoms with Crippen molar-refractivity contribution in [3.63, 3.8) is 0 Å². The highest BCUT2D eigenvalue weighted by atomic mass is 32.2. The number of nitrogens with zero attached hydrogens (tertiary/aromatic N) is 1. The highest BCUT2D eigenvalue weighted by Gasteiger charge is 2.26. The number of rotatable bonds is 5. The molecule has 0 amide bonds. The first-order chi connectivity index (χ1) is 7.13. The molecule has 15 heavy (non-hydrogen) atoms. The fourth-order valence-electron chi connectivity index (χ4n) is 1.30. The van der Waals surface area contributed by atoms with Gasteiger partial charge in [0.1, 0.15) is 0 Å². The lowest BCUT2D eigenvalue weighted by Gasteiger charge is -2.04. The minimum absolute atomic E-state index is 0.0886. The van der Waals surface area contributed by atoms with E-state index in [1.54, 1.807) is 0 Å². The Morgan fingerprint density at radius 1 is 1.60 bits per heavy atom. The van der Waals surface area contributed by atoms with Crippen LogP contribution in [0.5, 0.6) is 0 Å². The zero-order valence-electron chi connectivity index (χ0n) is 8.23. The summed E-state index contributed by atoms with van der Waals surface area (Å²) >= 11 is 0. The largest absolute Gasteiger partial charge is 0.326 e. The van der Waals surface area contributed by atoms with Gasteiger partial charge in [0.15, 0.2) is 5.03 Å². The molecule has 0 unspecified atom stereocenters. The van der Waals surface area contributed by atoms with Crippen molar-refractivity contribution < 1.29 is 8.42 Å². The van der Waals surface area contributed by atoms with E-state index in [1.807, 2.05) is 0 Å². The van der Waals surface area contributed by atoms with Gasteiger partial charge in [-0.05, 0) is 18.8 Å². The lowest BCUT2D eigenvalue weighted by Crippen LogP contribution is -2.27. The average Bonchev–Trinajstić information content (AvgIpc) is 2.90. The molecule has 1 heterocycles. The molecule has 0 radical (unpaired) electrons. The van der Waals surface area contributed by atoms with Crippen molar-refractivity contribution in [1.29, 1.82) is 0 Å². The van der Waals surface area contributed by atoms with Crippen LogP contribution < -0.4 is 10.5 Å². The quantitative estimate of drug-likeness (QED) is 0.638. The van der Waals surface area contributed by atoms with Gasteiger partial charge in [-0.25, -0.2) is 13.1 Å². The standard InChI is InChI=1S/C8H14N4O2S/c9-3-7-5-10-12-8(7)15(13,14)11-4-6-1-2-6/h5-6,11H,1-4,9H2,(H,10,12). The Balaban J connectivity index is 2.12. The first-order valence-corrected chi connectivity index (χ1v) is 6.34. The summed E-state index contributed by atoms with van der Waals surface area (Å²) in [7, 11) is -3.46. The van der Waals surface area contributed by atoms with E-state index in [4.69, 9.17) is 5.73 Å². The molecular formula is C8H14N4O2S. The molecule has 84 valence electrons. The first kappa shape index (κ1) is 10.6. The molecule has 0 spiro atoms. The minimum Gasteiger partial charge on any atom is -0.326 e. The number of H-pyrrole nitrogens is 1. The van der Waals surface area contributed by atoms with E-state index in [0.29, 0.717) is 18.0 Å². The number of nitrogens with two attached hydrogens (primary N) is 1. The van der Waals surface area contributed by atoms with Crippen molar-refractivity contribution in [2.24, 2.45) is 11.7 Å². The number of aromatic amines is 1. The van der Waals surface area contributed by atoms with Gasteiger partial charge in [-0.2, -0.15) is 5.10 Å². The van der Waals surface area contributed by atoms with Gasteiger partial charge in [-0.1, -0.05) is 0 Å². The fraction of sp³-hybridized carbons (Fsp3) is 0.625. The van der Waals surface area contributed by atoms with Crippen LogP contribution in [0, 0.1) is 5.92 Å². The lowest BCUT2D eigenvalue weighted by molar-refractivity contribution is 0.572. The van der Waals surface area contributed by atoms with Gasteiger partial charge >= 0.3 is 0 Å². The molecule has 2 rings (SSSR count). The summed E-state index contributed by atoms with van der Waals surface area (Å²) in [5.41, 5.74) is 5.92. The van der Waals surface area contributed by atoms with Gasteiger partial charge in [0.05, 0.1) is 6.20 Å².